The lowest BCUT2D eigenvalue weighted by Crippen LogP contribution is -2.38. The Hall–Kier alpha value is -1.29. The number of hydrogen-bond donors (Lipinski definition) is 0. The van der Waals surface area contributed by atoms with Crippen LogP contribution < -0.4 is 0 Å². The Morgan fingerprint density at radius 1 is 1.30 bits per heavy atom. The molecule has 0 aliphatic carbocycles. The van der Waals surface area contributed by atoms with Gasteiger partial charge in [0.05, 0.1) is 12.1 Å². The van der Waals surface area contributed by atoms with Crippen LogP contribution in [0.1, 0.15) is 50.4 Å². The summed E-state index contributed by atoms with van der Waals surface area (Å²) in [5.74, 6) is -1.74. The number of hydrogen-bond acceptors (Lipinski definition) is 2. The highest BCUT2D eigenvalue weighted by Crippen LogP contribution is 2.13. The van der Waals surface area contributed by atoms with Crippen molar-refractivity contribution in [2.45, 2.75) is 46.1 Å². The second-order valence-electron chi connectivity index (χ2n) is 5.13. The van der Waals surface area contributed by atoms with Gasteiger partial charge in [-0.25, -0.2) is 8.78 Å². The molecule has 0 aliphatic heterocycles. The number of halogens is 2. The number of ketones is 1. The zero-order valence-electron chi connectivity index (χ0n) is 12.5. The molecule has 0 spiro atoms. The molecule has 20 heavy (non-hydrogen) atoms. The van der Waals surface area contributed by atoms with Gasteiger partial charge in [0, 0.05) is 12.1 Å². The van der Waals surface area contributed by atoms with Crippen LogP contribution in [0.4, 0.5) is 8.78 Å². The molecule has 2 nitrogen and oxygen atoms in total. The summed E-state index contributed by atoms with van der Waals surface area (Å²) in [5, 5.41) is 0. The monoisotopic (exact) mass is 283 g/mol. The topological polar surface area (TPSA) is 20.3 Å². The van der Waals surface area contributed by atoms with Crippen molar-refractivity contribution >= 4 is 5.78 Å². The van der Waals surface area contributed by atoms with Crippen molar-refractivity contribution in [1.29, 1.82) is 0 Å². The highest BCUT2D eigenvalue weighted by atomic mass is 19.1. The summed E-state index contributed by atoms with van der Waals surface area (Å²) in [6, 6.07) is 3.37. The molecule has 1 aromatic rings. The summed E-state index contributed by atoms with van der Waals surface area (Å²) in [5.41, 5.74) is -0.0313. The third-order valence-corrected chi connectivity index (χ3v) is 3.59. The third-order valence-electron chi connectivity index (χ3n) is 3.59. The minimum atomic E-state index is -0.783. The summed E-state index contributed by atoms with van der Waals surface area (Å²) >= 11 is 0. The van der Waals surface area contributed by atoms with Gasteiger partial charge in [-0.15, -0.1) is 0 Å². The fourth-order valence-corrected chi connectivity index (χ4v) is 2.06. The van der Waals surface area contributed by atoms with Crippen LogP contribution in [0.5, 0.6) is 0 Å². The summed E-state index contributed by atoms with van der Waals surface area (Å²) < 4.78 is 26.5. The molecule has 0 aliphatic rings. The van der Waals surface area contributed by atoms with Gasteiger partial charge < -0.3 is 0 Å². The molecule has 0 saturated carbocycles. The van der Waals surface area contributed by atoms with Crippen LogP contribution >= 0.6 is 0 Å². The smallest absolute Gasteiger partial charge is 0.179 e. The van der Waals surface area contributed by atoms with E-state index in [4.69, 9.17) is 0 Å². The Labute approximate surface area is 119 Å². The fraction of sp³-hybridized carbons (Fsp3) is 0.562. The van der Waals surface area contributed by atoms with Gasteiger partial charge in [-0.3, -0.25) is 9.69 Å². The van der Waals surface area contributed by atoms with E-state index in [1.165, 1.54) is 6.07 Å². The van der Waals surface area contributed by atoms with E-state index in [2.05, 4.69) is 25.7 Å². The van der Waals surface area contributed by atoms with Gasteiger partial charge >= 0.3 is 0 Å². The lowest BCUT2D eigenvalue weighted by atomic mass is 10.1. The molecule has 1 rings (SSSR count). The summed E-state index contributed by atoms with van der Waals surface area (Å²) in [4.78, 5) is 14.2. The predicted molar refractivity (Wildman–Crippen MR) is 76.9 cm³/mol. The minimum absolute atomic E-state index is 0.0313. The van der Waals surface area contributed by atoms with Crippen molar-refractivity contribution in [3.8, 4) is 0 Å². The van der Waals surface area contributed by atoms with Gasteiger partial charge in [0.25, 0.3) is 0 Å². The molecular formula is C16H23F2NO. The van der Waals surface area contributed by atoms with E-state index < -0.39 is 11.6 Å². The van der Waals surface area contributed by atoms with Gasteiger partial charge in [0.1, 0.15) is 11.6 Å². The van der Waals surface area contributed by atoms with E-state index in [-0.39, 0.29) is 23.9 Å². The molecule has 1 atom stereocenters. The highest BCUT2D eigenvalue weighted by Gasteiger charge is 2.19. The van der Waals surface area contributed by atoms with Crippen molar-refractivity contribution in [1.82, 2.24) is 4.90 Å². The molecule has 0 bridgehead atoms. The lowest BCUT2D eigenvalue weighted by Gasteiger charge is -2.27. The van der Waals surface area contributed by atoms with Gasteiger partial charge in [0.15, 0.2) is 5.78 Å². The summed E-state index contributed by atoms with van der Waals surface area (Å²) in [6.45, 7) is 7.21. The summed E-state index contributed by atoms with van der Waals surface area (Å²) in [7, 11) is 0. The average molecular weight is 283 g/mol. The standard InChI is InChI=1S/C16H23F2NO/c1-4-6-9-19(12(3)5-2)11-16(20)14-8-7-13(17)10-15(14)18/h7-8,10,12H,4-6,9,11H2,1-3H3. The maximum Gasteiger partial charge on any atom is 0.179 e. The molecule has 0 aromatic heterocycles. The SMILES string of the molecule is CCCCN(CC(=O)c1ccc(F)cc1F)C(C)CC. The average Bonchev–Trinajstić information content (AvgIpc) is 2.42. The maximum absolute atomic E-state index is 13.6. The van der Waals surface area contributed by atoms with Crippen molar-refractivity contribution in [3.63, 3.8) is 0 Å². The zero-order valence-corrected chi connectivity index (χ0v) is 12.5. The maximum atomic E-state index is 13.6. The van der Waals surface area contributed by atoms with Crippen LogP contribution in [0.2, 0.25) is 0 Å². The Kier molecular flexibility index (Phi) is 6.79. The van der Waals surface area contributed by atoms with E-state index >= 15 is 0 Å². The molecule has 0 amide bonds. The third kappa shape index (κ3) is 4.67. The number of Topliss-reactive ketones (excluding diaryl/α,β-unsaturated/α-hetero) is 1. The highest BCUT2D eigenvalue weighted by molar-refractivity contribution is 5.97. The number of carbonyl (C=O) groups is 1. The Morgan fingerprint density at radius 2 is 2.00 bits per heavy atom. The number of unbranched alkanes of at least 4 members (excludes halogenated alkanes) is 1. The van der Waals surface area contributed by atoms with Gasteiger partial charge in [0.2, 0.25) is 0 Å². The van der Waals surface area contributed by atoms with E-state index in [1.807, 2.05) is 0 Å². The van der Waals surface area contributed by atoms with Crippen molar-refractivity contribution < 1.29 is 13.6 Å². The van der Waals surface area contributed by atoms with Gasteiger partial charge in [-0.1, -0.05) is 20.3 Å². The fourth-order valence-electron chi connectivity index (χ4n) is 2.06. The molecule has 0 radical (unpaired) electrons. The van der Waals surface area contributed by atoms with Crippen LogP contribution in [0.15, 0.2) is 18.2 Å². The minimum Gasteiger partial charge on any atom is -0.293 e. The van der Waals surface area contributed by atoms with Crippen molar-refractivity contribution in [3.05, 3.63) is 35.4 Å². The largest absolute Gasteiger partial charge is 0.293 e. The molecule has 0 fully saturated rings. The van der Waals surface area contributed by atoms with Crippen LogP contribution in [0, 0.1) is 11.6 Å². The molecule has 112 valence electrons. The molecule has 0 saturated heterocycles. The molecule has 0 heterocycles. The van der Waals surface area contributed by atoms with E-state index in [9.17, 15) is 13.6 Å². The van der Waals surface area contributed by atoms with Gasteiger partial charge in [-0.05, 0) is 38.4 Å². The van der Waals surface area contributed by atoms with Crippen LogP contribution in [-0.4, -0.2) is 29.8 Å². The first-order valence-corrected chi connectivity index (χ1v) is 7.21. The zero-order chi connectivity index (χ0) is 15.1. The first-order valence-electron chi connectivity index (χ1n) is 7.21. The number of rotatable bonds is 8. The van der Waals surface area contributed by atoms with Crippen LogP contribution in [0.3, 0.4) is 0 Å². The first-order chi connectivity index (χ1) is 9.49. The second-order valence-corrected chi connectivity index (χ2v) is 5.13. The number of benzene rings is 1. The van der Waals surface area contributed by atoms with Crippen LogP contribution in [0.25, 0.3) is 0 Å². The van der Waals surface area contributed by atoms with E-state index in [1.54, 1.807) is 0 Å². The molecule has 1 unspecified atom stereocenters. The Morgan fingerprint density at radius 3 is 2.55 bits per heavy atom. The Bertz CT molecular complexity index is 448. The molecular weight excluding hydrogens is 260 g/mol. The van der Waals surface area contributed by atoms with E-state index in [0.29, 0.717) is 0 Å². The van der Waals surface area contributed by atoms with Crippen LogP contribution in [-0.2, 0) is 0 Å². The quantitative estimate of drug-likeness (QED) is 0.671. The Balaban J connectivity index is 2.78. The van der Waals surface area contributed by atoms with E-state index in [0.717, 1.165) is 37.9 Å². The molecule has 0 N–H and O–H groups in total. The van der Waals surface area contributed by atoms with Gasteiger partial charge in [-0.2, -0.15) is 0 Å². The molecule has 4 heteroatoms. The number of nitrogens with zero attached hydrogens (tertiary/aromatic N) is 1. The second kappa shape index (κ2) is 8.10. The van der Waals surface area contributed by atoms with Crippen molar-refractivity contribution in [2.24, 2.45) is 0 Å². The molecule has 1 aromatic carbocycles. The predicted octanol–water partition coefficient (Wildman–Crippen LogP) is 4.05. The van der Waals surface area contributed by atoms with Crippen molar-refractivity contribution in [2.75, 3.05) is 13.1 Å². The summed E-state index contributed by atoms with van der Waals surface area (Å²) in [6.07, 6.45) is 2.98. The lowest BCUT2D eigenvalue weighted by molar-refractivity contribution is 0.0890. The normalized spacial score (nSPS) is 12.7. The number of carbonyl (C=O) groups excluding carboxylic acids is 1. The first kappa shape index (κ1) is 16.8.